The fourth-order valence-electron chi connectivity index (χ4n) is 1.61. The molecule has 0 spiro atoms. The summed E-state index contributed by atoms with van der Waals surface area (Å²) in [5, 5.41) is 2.61. The molecule has 1 rings (SSSR count). The van der Waals surface area contributed by atoms with Gasteiger partial charge in [-0.15, -0.1) is 0 Å². The van der Waals surface area contributed by atoms with Crippen LogP contribution in [0.2, 0.25) is 0 Å². The summed E-state index contributed by atoms with van der Waals surface area (Å²) >= 11 is 0. The van der Waals surface area contributed by atoms with Crippen LogP contribution in [0.4, 0.5) is 17.8 Å². The lowest BCUT2D eigenvalue weighted by Crippen LogP contribution is -2.35. The third-order valence-corrected chi connectivity index (χ3v) is 2.72. The van der Waals surface area contributed by atoms with Gasteiger partial charge in [-0.1, -0.05) is 6.92 Å². The second kappa shape index (κ2) is 6.85. The molecule has 0 aliphatic heterocycles. The molecule has 1 heterocycles. The Morgan fingerprint density at radius 1 is 1.25 bits per heavy atom. The van der Waals surface area contributed by atoms with E-state index in [1.54, 1.807) is 16.8 Å². The number of hydrogen-bond acceptors (Lipinski definition) is 8. The highest BCUT2D eigenvalue weighted by Gasteiger charge is 2.17. The topological polar surface area (TPSA) is 112 Å². The molecule has 0 aliphatic carbocycles. The first kappa shape index (κ1) is 15.9. The number of anilines is 3. The van der Waals surface area contributed by atoms with E-state index < -0.39 is 0 Å². The number of carbonyl (C=O) groups excluding carboxylic acids is 1. The molecule has 1 unspecified atom stereocenters. The normalized spacial score (nSPS) is 11.7. The van der Waals surface area contributed by atoms with Crippen LogP contribution in [0.25, 0.3) is 0 Å². The zero-order valence-electron chi connectivity index (χ0n) is 12.5. The van der Waals surface area contributed by atoms with Crippen molar-refractivity contribution in [3.05, 3.63) is 0 Å². The number of hydrogen-bond donors (Lipinski definition) is 3. The SMILES string of the molecule is CNC(=O)C(C)CN(C)c1nc(NN)nc(N(C)C)n1. The van der Waals surface area contributed by atoms with E-state index in [2.05, 4.69) is 25.7 Å². The van der Waals surface area contributed by atoms with Gasteiger partial charge in [0.15, 0.2) is 0 Å². The largest absolute Gasteiger partial charge is 0.359 e. The Bertz CT molecular complexity index is 464. The predicted octanol–water partition coefficient (Wildman–Crippen LogP) is -0.958. The molecule has 0 saturated heterocycles. The van der Waals surface area contributed by atoms with E-state index in [0.717, 1.165) is 0 Å². The van der Waals surface area contributed by atoms with Gasteiger partial charge in [0, 0.05) is 34.7 Å². The highest BCUT2D eigenvalue weighted by molar-refractivity contribution is 5.78. The van der Waals surface area contributed by atoms with Crippen LogP contribution in [0.3, 0.4) is 0 Å². The Labute approximate surface area is 118 Å². The van der Waals surface area contributed by atoms with Gasteiger partial charge in [-0.2, -0.15) is 15.0 Å². The van der Waals surface area contributed by atoms with Crippen LogP contribution in [0, 0.1) is 5.92 Å². The summed E-state index contributed by atoms with van der Waals surface area (Å²) in [5.41, 5.74) is 2.41. The summed E-state index contributed by atoms with van der Waals surface area (Å²) in [6.45, 7) is 2.33. The first-order valence-corrected chi connectivity index (χ1v) is 6.21. The summed E-state index contributed by atoms with van der Waals surface area (Å²) in [5.74, 6) is 6.36. The minimum Gasteiger partial charge on any atom is -0.359 e. The fourth-order valence-corrected chi connectivity index (χ4v) is 1.61. The second-order valence-corrected chi connectivity index (χ2v) is 4.69. The van der Waals surface area contributed by atoms with Gasteiger partial charge in [0.05, 0.1) is 5.92 Å². The average Bonchev–Trinajstić information content (AvgIpc) is 2.45. The van der Waals surface area contributed by atoms with Crippen LogP contribution < -0.4 is 26.4 Å². The smallest absolute Gasteiger partial charge is 0.243 e. The summed E-state index contributed by atoms with van der Waals surface area (Å²) in [6, 6.07) is 0. The lowest BCUT2D eigenvalue weighted by atomic mass is 10.1. The molecule has 1 aromatic heterocycles. The molecule has 9 heteroatoms. The van der Waals surface area contributed by atoms with Gasteiger partial charge in [0.2, 0.25) is 23.8 Å². The van der Waals surface area contributed by atoms with Gasteiger partial charge in [-0.05, 0) is 0 Å². The highest BCUT2D eigenvalue weighted by atomic mass is 16.1. The zero-order valence-corrected chi connectivity index (χ0v) is 12.5. The van der Waals surface area contributed by atoms with Gasteiger partial charge >= 0.3 is 0 Å². The van der Waals surface area contributed by atoms with E-state index in [-0.39, 0.29) is 17.8 Å². The number of nitrogens with two attached hydrogens (primary N) is 1. The van der Waals surface area contributed by atoms with Gasteiger partial charge in [-0.3, -0.25) is 10.2 Å². The number of hydrazine groups is 1. The van der Waals surface area contributed by atoms with Crippen LogP contribution in [-0.4, -0.2) is 55.6 Å². The van der Waals surface area contributed by atoms with Crippen LogP contribution >= 0.6 is 0 Å². The van der Waals surface area contributed by atoms with Crippen molar-refractivity contribution in [2.75, 3.05) is 50.0 Å². The molecule has 1 atom stereocenters. The third kappa shape index (κ3) is 3.92. The Morgan fingerprint density at radius 3 is 2.35 bits per heavy atom. The molecule has 1 amide bonds. The van der Waals surface area contributed by atoms with Crippen molar-refractivity contribution < 1.29 is 4.79 Å². The minimum atomic E-state index is -0.182. The molecule has 9 nitrogen and oxygen atoms in total. The van der Waals surface area contributed by atoms with E-state index in [1.807, 2.05) is 28.1 Å². The van der Waals surface area contributed by atoms with E-state index in [9.17, 15) is 4.79 Å². The highest BCUT2D eigenvalue weighted by Crippen LogP contribution is 2.14. The number of amides is 1. The maximum atomic E-state index is 11.5. The van der Waals surface area contributed by atoms with Crippen molar-refractivity contribution in [2.24, 2.45) is 11.8 Å². The summed E-state index contributed by atoms with van der Waals surface area (Å²) < 4.78 is 0. The van der Waals surface area contributed by atoms with Crippen molar-refractivity contribution >= 4 is 23.8 Å². The first-order chi connectivity index (χ1) is 9.38. The van der Waals surface area contributed by atoms with Crippen molar-refractivity contribution in [1.29, 1.82) is 0 Å². The standard InChI is InChI=1S/C11H22N8O/c1-7(8(20)13-2)6-19(5)11-15-9(17-12)14-10(16-11)18(3)4/h7H,6,12H2,1-5H3,(H,13,20)(H,14,15,16,17). The molecule has 1 aromatic rings. The molecule has 0 aliphatic rings. The predicted molar refractivity (Wildman–Crippen MR) is 78.5 cm³/mol. The molecule has 0 aromatic carbocycles. The molecule has 0 fully saturated rings. The Morgan fingerprint density at radius 2 is 1.85 bits per heavy atom. The fraction of sp³-hybridized carbons (Fsp3) is 0.636. The summed E-state index contributed by atoms with van der Waals surface area (Å²) in [6.07, 6.45) is 0. The van der Waals surface area contributed by atoms with Crippen LogP contribution in [-0.2, 0) is 4.79 Å². The molecule has 20 heavy (non-hydrogen) atoms. The van der Waals surface area contributed by atoms with E-state index in [4.69, 9.17) is 5.84 Å². The number of nitrogen functional groups attached to an aromatic ring is 1. The maximum absolute atomic E-state index is 11.5. The van der Waals surface area contributed by atoms with Gasteiger partial charge in [0.1, 0.15) is 0 Å². The monoisotopic (exact) mass is 282 g/mol. The van der Waals surface area contributed by atoms with Gasteiger partial charge in [-0.25, -0.2) is 5.84 Å². The lowest BCUT2D eigenvalue weighted by molar-refractivity contribution is -0.123. The molecule has 4 N–H and O–H groups in total. The summed E-state index contributed by atoms with van der Waals surface area (Å²) in [7, 11) is 7.08. The molecule has 0 saturated carbocycles. The van der Waals surface area contributed by atoms with Gasteiger partial charge in [0.25, 0.3) is 0 Å². The molecule has 0 radical (unpaired) electrons. The Balaban J connectivity index is 2.94. The number of nitrogens with one attached hydrogen (secondary N) is 2. The second-order valence-electron chi connectivity index (χ2n) is 4.69. The number of aromatic nitrogens is 3. The van der Waals surface area contributed by atoms with Crippen LogP contribution in [0.15, 0.2) is 0 Å². The van der Waals surface area contributed by atoms with Crippen molar-refractivity contribution in [2.45, 2.75) is 6.92 Å². The van der Waals surface area contributed by atoms with Crippen LogP contribution in [0.5, 0.6) is 0 Å². The average molecular weight is 282 g/mol. The first-order valence-electron chi connectivity index (χ1n) is 6.21. The quantitative estimate of drug-likeness (QED) is 0.452. The zero-order chi connectivity index (χ0) is 15.3. The number of nitrogens with zero attached hydrogens (tertiary/aromatic N) is 5. The van der Waals surface area contributed by atoms with Crippen LogP contribution in [0.1, 0.15) is 6.92 Å². The third-order valence-electron chi connectivity index (χ3n) is 2.72. The summed E-state index contributed by atoms with van der Waals surface area (Å²) in [4.78, 5) is 27.7. The Kier molecular flexibility index (Phi) is 5.44. The van der Waals surface area contributed by atoms with Crippen molar-refractivity contribution in [1.82, 2.24) is 20.3 Å². The minimum absolute atomic E-state index is 0.0316. The maximum Gasteiger partial charge on any atom is 0.243 e. The van der Waals surface area contributed by atoms with E-state index in [1.165, 1.54) is 0 Å². The van der Waals surface area contributed by atoms with Crippen molar-refractivity contribution in [3.63, 3.8) is 0 Å². The molecule has 0 bridgehead atoms. The Hall–Kier alpha value is -2.16. The van der Waals surface area contributed by atoms with E-state index >= 15 is 0 Å². The lowest BCUT2D eigenvalue weighted by Gasteiger charge is -2.22. The van der Waals surface area contributed by atoms with Gasteiger partial charge < -0.3 is 15.1 Å². The molecule has 112 valence electrons. The number of rotatable bonds is 6. The molecular formula is C11H22N8O. The molecular weight excluding hydrogens is 260 g/mol. The van der Waals surface area contributed by atoms with Crippen molar-refractivity contribution in [3.8, 4) is 0 Å². The number of carbonyl (C=O) groups is 1. The van der Waals surface area contributed by atoms with E-state index in [0.29, 0.717) is 18.4 Å².